The van der Waals surface area contributed by atoms with Gasteiger partial charge >= 0.3 is 0 Å². The second-order valence-corrected chi connectivity index (χ2v) is 4.54. The van der Waals surface area contributed by atoms with Crippen molar-refractivity contribution in [1.29, 1.82) is 0 Å². The quantitative estimate of drug-likeness (QED) is 0.779. The predicted octanol–water partition coefficient (Wildman–Crippen LogP) is 0.475. The van der Waals surface area contributed by atoms with Gasteiger partial charge in [0, 0.05) is 52.5 Å². The van der Waals surface area contributed by atoms with Crippen LogP contribution >= 0.6 is 0 Å². The van der Waals surface area contributed by atoms with Crippen molar-refractivity contribution in [2.45, 2.75) is 26.7 Å². The zero-order valence-corrected chi connectivity index (χ0v) is 11.1. The van der Waals surface area contributed by atoms with Crippen molar-refractivity contribution < 1.29 is 9.21 Å². The molecule has 2 rings (SSSR count). The zero-order chi connectivity index (χ0) is 13.0. The van der Waals surface area contributed by atoms with Crippen molar-refractivity contribution in [2.75, 3.05) is 32.7 Å². The van der Waals surface area contributed by atoms with Crippen LogP contribution in [0, 0.1) is 6.92 Å². The molecule has 18 heavy (non-hydrogen) atoms. The summed E-state index contributed by atoms with van der Waals surface area (Å²) in [5.41, 5.74) is 0. The summed E-state index contributed by atoms with van der Waals surface area (Å²) in [5, 5.41) is 7.79. The van der Waals surface area contributed by atoms with E-state index in [1.54, 1.807) is 6.92 Å². The van der Waals surface area contributed by atoms with Crippen LogP contribution in [0.1, 0.15) is 25.1 Å². The first-order valence-electron chi connectivity index (χ1n) is 6.48. The highest BCUT2D eigenvalue weighted by atomic mass is 16.4. The van der Waals surface area contributed by atoms with E-state index in [9.17, 15) is 4.79 Å². The van der Waals surface area contributed by atoms with Crippen LogP contribution in [0.2, 0.25) is 0 Å². The van der Waals surface area contributed by atoms with Gasteiger partial charge in [-0.3, -0.25) is 9.69 Å². The fraction of sp³-hybridized carbons (Fsp3) is 0.750. The van der Waals surface area contributed by atoms with Crippen molar-refractivity contribution in [1.82, 2.24) is 20.0 Å². The van der Waals surface area contributed by atoms with Gasteiger partial charge in [0.1, 0.15) is 0 Å². The van der Waals surface area contributed by atoms with Crippen LogP contribution in [0.5, 0.6) is 0 Å². The fourth-order valence-electron chi connectivity index (χ4n) is 2.14. The molecule has 1 aromatic rings. The molecule has 100 valence electrons. The van der Waals surface area contributed by atoms with E-state index >= 15 is 0 Å². The number of carbonyl (C=O) groups excluding carboxylic acids is 1. The third kappa shape index (κ3) is 3.29. The third-order valence-corrected chi connectivity index (χ3v) is 3.24. The number of nitrogens with zero attached hydrogens (tertiary/aromatic N) is 4. The minimum Gasteiger partial charge on any atom is -0.426 e. The Morgan fingerprint density at radius 3 is 2.56 bits per heavy atom. The van der Waals surface area contributed by atoms with Crippen molar-refractivity contribution in [2.24, 2.45) is 0 Å². The Hall–Kier alpha value is -1.43. The lowest BCUT2D eigenvalue weighted by Gasteiger charge is -2.34. The molecule has 1 fully saturated rings. The molecule has 1 aromatic heterocycles. The number of aromatic nitrogens is 2. The second kappa shape index (κ2) is 5.95. The first-order valence-corrected chi connectivity index (χ1v) is 6.48. The molecule has 0 radical (unpaired) electrons. The Morgan fingerprint density at radius 1 is 1.28 bits per heavy atom. The standard InChI is InChI=1S/C12H20N4O2/c1-3-12(17)16-8-6-15(7-9-16)5-4-11-14-13-10(2)18-11/h3-9H2,1-2H3. The van der Waals surface area contributed by atoms with Crippen LogP contribution < -0.4 is 0 Å². The molecule has 6 heteroatoms. The SMILES string of the molecule is CCC(=O)N1CCN(CCc2nnc(C)o2)CC1. The van der Waals surface area contributed by atoms with E-state index in [-0.39, 0.29) is 5.91 Å². The highest BCUT2D eigenvalue weighted by Crippen LogP contribution is 2.06. The monoisotopic (exact) mass is 252 g/mol. The minimum atomic E-state index is 0.252. The highest BCUT2D eigenvalue weighted by Gasteiger charge is 2.19. The third-order valence-electron chi connectivity index (χ3n) is 3.24. The van der Waals surface area contributed by atoms with E-state index in [0.717, 1.165) is 39.1 Å². The van der Waals surface area contributed by atoms with E-state index in [2.05, 4.69) is 15.1 Å². The number of aryl methyl sites for hydroxylation is 1. The summed E-state index contributed by atoms with van der Waals surface area (Å²) in [6.45, 7) is 8.14. The van der Waals surface area contributed by atoms with Gasteiger partial charge in [0.25, 0.3) is 0 Å². The molecule has 0 aliphatic carbocycles. The number of carbonyl (C=O) groups is 1. The normalized spacial score (nSPS) is 17.1. The van der Waals surface area contributed by atoms with Gasteiger partial charge < -0.3 is 9.32 Å². The molecule has 0 atom stereocenters. The van der Waals surface area contributed by atoms with Crippen molar-refractivity contribution in [3.63, 3.8) is 0 Å². The molecule has 1 aliphatic rings. The molecule has 0 N–H and O–H groups in total. The lowest BCUT2D eigenvalue weighted by atomic mass is 10.2. The maximum Gasteiger partial charge on any atom is 0.222 e. The minimum absolute atomic E-state index is 0.252. The largest absolute Gasteiger partial charge is 0.426 e. The van der Waals surface area contributed by atoms with Crippen molar-refractivity contribution >= 4 is 5.91 Å². The molecular weight excluding hydrogens is 232 g/mol. The maximum absolute atomic E-state index is 11.5. The molecule has 1 aliphatic heterocycles. The van der Waals surface area contributed by atoms with Crippen LogP contribution in [-0.2, 0) is 11.2 Å². The molecule has 0 spiro atoms. The van der Waals surface area contributed by atoms with Crippen LogP contribution in [0.4, 0.5) is 0 Å². The molecule has 0 unspecified atom stereocenters. The molecule has 0 bridgehead atoms. The van der Waals surface area contributed by atoms with Crippen LogP contribution in [0.15, 0.2) is 4.42 Å². The Kier molecular flexibility index (Phi) is 4.30. The molecule has 6 nitrogen and oxygen atoms in total. The summed E-state index contributed by atoms with van der Waals surface area (Å²) in [6, 6.07) is 0. The van der Waals surface area contributed by atoms with Gasteiger partial charge in [-0.1, -0.05) is 6.92 Å². The van der Waals surface area contributed by atoms with Crippen molar-refractivity contribution in [3.05, 3.63) is 11.8 Å². The van der Waals surface area contributed by atoms with Gasteiger partial charge in [-0.05, 0) is 0 Å². The molecule has 0 aromatic carbocycles. The topological polar surface area (TPSA) is 62.5 Å². The Labute approximate surface area is 107 Å². The van der Waals surface area contributed by atoms with E-state index in [0.29, 0.717) is 18.2 Å². The van der Waals surface area contributed by atoms with Gasteiger partial charge in [-0.25, -0.2) is 0 Å². The summed E-state index contributed by atoms with van der Waals surface area (Å²) in [5.74, 6) is 1.56. The molecule has 2 heterocycles. The lowest BCUT2D eigenvalue weighted by molar-refractivity contribution is -0.132. The zero-order valence-electron chi connectivity index (χ0n) is 11.1. The number of hydrogen-bond acceptors (Lipinski definition) is 5. The summed E-state index contributed by atoms with van der Waals surface area (Å²) in [7, 11) is 0. The van der Waals surface area contributed by atoms with Gasteiger partial charge in [0.2, 0.25) is 17.7 Å². The summed E-state index contributed by atoms with van der Waals surface area (Å²) in [6.07, 6.45) is 1.38. The molecule has 0 saturated carbocycles. The first-order chi connectivity index (χ1) is 8.69. The average molecular weight is 252 g/mol. The smallest absolute Gasteiger partial charge is 0.222 e. The summed E-state index contributed by atoms with van der Waals surface area (Å²) in [4.78, 5) is 15.8. The lowest BCUT2D eigenvalue weighted by Crippen LogP contribution is -2.48. The van der Waals surface area contributed by atoms with Crippen LogP contribution in [0.25, 0.3) is 0 Å². The van der Waals surface area contributed by atoms with E-state index in [4.69, 9.17) is 4.42 Å². The average Bonchev–Trinajstić information content (AvgIpc) is 2.82. The summed E-state index contributed by atoms with van der Waals surface area (Å²) >= 11 is 0. The number of piperazine rings is 1. The van der Waals surface area contributed by atoms with E-state index < -0.39 is 0 Å². The fourth-order valence-corrected chi connectivity index (χ4v) is 2.14. The van der Waals surface area contributed by atoms with Crippen LogP contribution in [-0.4, -0.2) is 58.6 Å². The maximum atomic E-state index is 11.5. The van der Waals surface area contributed by atoms with E-state index in [1.165, 1.54) is 0 Å². The molecule has 1 saturated heterocycles. The van der Waals surface area contributed by atoms with Crippen molar-refractivity contribution in [3.8, 4) is 0 Å². The first kappa shape index (κ1) is 13.0. The second-order valence-electron chi connectivity index (χ2n) is 4.54. The van der Waals surface area contributed by atoms with Crippen LogP contribution in [0.3, 0.4) is 0 Å². The van der Waals surface area contributed by atoms with E-state index in [1.807, 2.05) is 11.8 Å². The number of hydrogen-bond donors (Lipinski definition) is 0. The van der Waals surface area contributed by atoms with Gasteiger partial charge in [-0.15, -0.1) is 10.2 Å². The van der Waals surface area contributed by atoms with Gasteiger partial charge in [0.15, 0.2) is 0 Å². The number of rotatable bonds is 4. The Balaban J connectivity index is 1.72. The Morgan fingerprint density at radius 2 is 2.00 bits per heavy atom. The van der Waals surface area contributed by atoms with Gasteiger partial charge in [-0.2, -0.15) is 0 Å². The predicted molar refractivity (Wildman–Crippen MR) is 66.1 cm³/mol. The summed E-state index contributed by atoms with van der Waals surface area (Å²) < 4.78 is 5.34. The molecular formula is C12H20N4O2. The molecule has 1 amide bonds. The highest BCUT2D eigenvalue weighted by molar-refractivity contribution is 5.75. The Bertz CT molecular complexity index is 397. The van der Waals surface area contributed by atoms with Gasteiger partial charge in [0.05, 0.1) is 0 Å². The number of amides is 1.